The molecule has 0 spiro atoms. The molecule has 1 heterocycles. The van der Waals surface area contributed by atoms with E-state index in [-0.39, 0.29) is 11.7 Å². The monoisotopic (exact) mass is 223 g/mol. The maximum Gasteiger partial charge on any atom is 0.138 e. The van der Waals surface area contributed by atoms with E-state index >= 15 is 0 Å². The van der Waals surface area contributed by atoms with Crippen molar-refractivity contribution >= 4 is 5.78 Å². The van der Waals surface area contributed by atoms with Gasteiger partial charge >= 0.3 is 0 Å². The Bertz CT molecular complexity index is 344. The van der Waals surface area contributed by atoms with Gasteiger partial charge < -0.3 is 0 Å². The normalized spacial score (nSPS) is 13.1. The summed E-state index contributed by atoms with van der Waals surface area (Å²) in [5.74, 6) is 1.78. The molecular formula is C12H21N3O. The molecule has 0 bridgehead atoms. The van der Waals surface area contributed by atoms with Crippen molar-refractivity contribution in [1.29, 1.82) is 0 Å². The van der Waals surface area contributed by atoms with E-state index in [1.807, 2.05) is 11.6 Å². The van der Waals surface area contributed by atoms with Crippen molar-refractivity contribution in [1.82, 2.24) is 14.8 Å². The lowest BCUT2D eigenvalue weighted by atomic mass is 9.98. The number of carbonyl (C=O) groups is 1. The smallest absolute Gasteiger partial charge is 0.138 e. The van der Waals surface area contributed by atoms with Crippen LogP contribution in [0.3, 0.4) is 0 Å². The molecule has 0 fully saturated rings. The second-order valence-electron chi connectivity index (χ2n) is 4.67. The molecule has 0 aliphatic carbocycles. The van der Waals surface area contributed by atoms with Crippen LogP contribution in [0.1, 0.15) is 39.9 Å². The number of aromatic nitrogens is 3. The lowest BCUT2D eigenvalue weighted by Crippen LogP contribution is -2.18. The van der Waals surface area contributed by atoms with Gasteiger partial charge in [-0.05, 0) is 19.3 Å². The zero-order valence-corrected chi connectivity index (χ0v) is 10.6. The van der Waals surface area contributed by atoms with Crippen LogP contribution in [0.2, 0.25) is 0 Å². The summed E-state index contributed by atoms with van der Waals surface area (Å²) < 4.78 is 1.91. The third kappa shape index (κ3) is 3.43. The van der Waals surface area contributed by atoms with Gasteiger partial charge in [0.05, 0.1) is 0 Å². The Morgan fingerprint density at radius 2 is 2.19 bits per heavy atom. The van der Waals surface area contributed by atoms with E-state index in [1.54, 1.807) is 13.3 Å². The van der Waals surface area contributed by atoms with Gasteiger partial charge in [0.1, 0.15) is 17.9 Å². The van der Waals surface area contributed by atoms with Crippen molar-refractivity contribution in [2.24, 2.45) is 11.8 Å². The van der Waals surface area contributed by atoms with Crippen LogP contribution in [0.4, 0.5) is 0 Å². The number of carbonyl (C=O) groups excluding carboxylic acids is 1. The lowest BCUT2D eigenvalue weighted by molar-refractivity contribution is -0.120. The van der Waals surface area contributed by atoms with E-state index in [2.05, 4.69) is 23.9 Å². The van der Waals surface area contributed by atoms with Gasteiger partial charge in [0.2, 0.25) is 0 Å². The number of nitrogens with zero attached hydrogens (tertiary/aromatic N) is 3. The third-order valence-electron chi connectivity index (χ3n) is 2.73. The standard InChI is InChI=1S/C12H21N3O/c1-5-11(10(4)16)6-12-13-8-14-15(12)7-9(2)3/h8-9,11H,5-7H2,1-4H3. The molecule has 0 aromatic carbocycles. The van der Waals surface area contributed by atoms with Crippen LogP contribution in [-0.4, -0.2) is 20.5 Å². The van der Waals surface area contributed by atoms with Crippen LogP contribution < -0.4 is 0 Å². The van der Waals surface area contributed by atoms with Crippen LogP contribution in [0.5, 0.6) is 0 Å². The van der Waals surface area contributed by atoms with Crippen molar-refractivity contribution < 1.29 is 4.79 Å². The van der Waals surface area contributed by atoms with E-state index in [4.69, 9.17) is 0 Å². The molecule has 1 atom stereocenters. The number of Topliss-reactive ketones (excluding diaryl/α,β-unsaturated/α-hetero) is 1. The Balaban J connectivity index is 2.72. The number of ketones is 1. The van der Waals surface area contributed by atoms with Gasteiger partial charge in [0.25, 0.3) is 0 Å². The summed E-state index contributed by atoms with van der Waals surface area (Å²) >= 11 is 0. The van der Waals surface area contributed by atoms with Gasteiger partial charge in [-0.25, -0.2) is 9.67 Å². The second-order valence-corrected chi connectivity index (χ2v) is 4.67. The highest BCUT2D eigenvalue weighted by molar-refractivity contribution is 5.78. The molecule has 1 aromatic heterocycles. The molecule has 0 N–H and O–H groups in total. The highest BCUT2D eigenvalue weighted by Gasteiger charge is 2.16. The first-order valence-corrected chi connectivity index (χ1v) is 5.91. The summed E-state index contributed by atoms with van der Waals surface area (Å²) in [6.45, 7) is 8.84. The quantitative estimate of drug-likeness (QED) is 0.742. The topological polar surface area (TPSA) is 47.8 Å². The van der Waals surface area contributed by atoms with Crippen molar-refractivity contribution in [3.05, 3.63) is 12.2 Å². The molecule has 0 aliphatic heterocycles. The number of hydrogen-bond acceptors (Lipinski definition) is 3. The summed E-state index contributed by atoms with van der Waals surface area (Å²) in [6.07, 6.45) is 3.15. The Kier molecular flexibility index (Phi) is 4.65. The fourth-order valence-corrected chi connectivity index (χ4v) is 1.74. The van der Waals surface area contributed by atoms with Crippen LogP contribution in [0.15, 0.2) is 6.33 Å². The average Bonchev–Trinajstić information content (AvgIpc) is 2.60. The van der Waals surface area contributed by atoms with Gasteiger partial charge in [-0.3, -0.25) is 4.79 Å². The summed E-state index contributed by atoms with van der Waals surface area (Å²) in [4.78, 5) is 15.6. The Labute approximate surface area is 97.1 Å². The fourth-order valence-electron chi connectivity index (χ4n) is 1.74. The van der Waals surface area contributed by atoms with Crippen molar-refractivity contribution in [2.45, 2.75) is 47.1 Å². The first kappa shape index (κ1) is 12.9. The van der Waals surface area contributed by atoms with Crippen LogP contribution in [0.25, 0.3) is 0 Å². The Morgan fingerprint density at radius 3 is 2.69 bits per heavy atom. The molecule has 1 rings (SSSR count). The molecule has 0 amide bonds. The maximum absolute atomic E-state index is 11.4. The number of hydrogen-bond donors (Lipinski definition) is 0. The predicted molar refractivity (Wildman–Crippen MR) is 63.0 cm³/mol. The molecule has 1 unspecified atom stereocenters. The van der Waals surface area contributed by atoms with Gasteiger partial charge in [-0.2, -0.15) is 5.10 Å². The van der Waals surface area contributed by atoms with E-state index < -0.39 is 0 Å². The number of rotatable bonds is 6. The molecule has 4 nitrogen and oxygen atoms in total. The van der Waals surface area contributed by atoms with Crippen LogP contribution >= 0.6 is 0 Å². The van der Waals surface area contributed by atoms with Gasteiger partial charge in [0, 0.05) is 18.9 Å². The zero-order valence-electron chi connectivity index (χ0n) is 10.6. The predicted octanol–water partition coefficient (Wildman–Crippen LogP) is 2.09. The van der Waals surface area contributed by atoms with Gasteiger partial charge in [-0.15, -0.1) is 0 Å². The van der Waals surface area contributed by atoms with E-state index in [0.29, 0.717) is 12.3 Å². The van der Waals surface area contributed by atoms with Crippen molar-refractivity contribution in [3.63, 3.8) is 0 Å². The maximum atomic E-state index is 11.4. The summed E-state index contributed by atoms with van der Waals surface area (Å²) in [7, 11) is 0. The largest absolute Gasteiger partial charge is 0.300 e. The first-order chi connectivity index (χ1) is 7.54. The van der Waals surface area contributed by atoms with Crippen LogP contribution in [0, 0.1) is 11.8 Å². The summed E-state index contributed by atoms with van der Waals surface area (Å²) in [5.41, 5.74) is 0. The van der Waals surface area contributed by atoms with E-state index in [9.17, 15) is 4.79 Å². The Hall–Kier alpha value is -1.19. The van der Waals surface area contributed by atoms with E-state index in [0.717, 1.165) is 18.8 Å². The SMILES string of the molecule is CCC(Cc1ncnn1CC(C)C)C(C)=O. The molecule has 0 aliphatic rings. The lowest BCUT2D eigenvalue weighted by Gasteiger charge is -2.12. The fraction of sp³-hybridized carbons (Fsp3) is 0.750. The minimum absolute atomic E-state index is 0.0788. The molecule has 0 saturated heterocycles. The minimum atomic E-state index is 0.0788. The minimum Gasteiger partial charge on any atom is -0.300 e. The molecule has 0 radical (unpaired) electrons. The Morgan fingerprint density at radius 1 is 1.50 bits per heavy atom. The van der Waals surface area contributed by atoms with E-state index in [1.165, 1.54) is 0 Å². The second kappa shape index (κ2) is 5.77. The molecular weight excluding hydrogens is 202 g/mol. The van der Waals surface area contributed by atoms with Gasteiger partial charge in [-0.1, -0.05) is 20.8 Å². The van der Waals surface area contributed by atoms with Gasteiger partial charge in [0.15, 0.2) is 0 Å². The van der Waals surface area contributed by atoms with Crippen LogP contribution in [-0.2, 0) is 17.8 Å². The summed E-state index contributed by atoms with van der Waals surface area (Å²) in [5, 5.41) is 4.20. The van der Waals surface area contributed by atoms with Crippen molar-refractivity contribution in [2.75, 3.05) is 0 Å². The highest BCUT2D eigenvalue weighted by atomic mass is 16.1. The van der Waals surface area contributed by atoms with Crippen molar-refractivity contribution in [3.8, 4) is 0 Å². The molecule has 0 saturated carbocycles. The molecule has 4 heteroatoms. The summed E-state index contributed by atoms with van der Waals surface area (Å²) in [6, 6.07) is 0. The molecule has 16 heavy (non-hydrogen) atoms. The molecule has 1 aromatic rings. The highest BCUT2D eigenvalue weighted by Crippen LogP contribution is 2.12. The molecule has 90 valence electrons. The zero-order chi connectivity index (χ0) is 12.1. The average molecular weight is 223 g/mol. The first-order valence-electron chi connectivity index (χ1n) is 5.91. The third-order valence-corrected chi connectivity index (χ3v) is 2.73.